The Hall–Kier alpha value is -3.35. The van der Waals surface area contributed by atoms with Crippen LogP contribution in [0.5, 0.6) is 5.75 Å². The lowest BCUT2D eigenvalue weighted by atomic mass is 10.1. The van der Waals surface area contributed by atoms with Gasteiger partial charge in [-0.2, -0.15) is 0 Å². The molecule has 0 saturated carbocycles. The molecule has 7 heteroatoms. The van der Waals surface area contributed by atoms with Crippen molar-refractivity contribution in [2.75, 3.05) is 0 Å². The summed E-state index contributed by atoms with van der Waals surface area (Å²) in [7, 11) is 0. The van der Waals surface area contributed by atoms with Gasteiger partial charge >= 0.3 is 12.0 Å². The van der Waals surface area contributed by atoms with Gasteiger partial charge in [-0.25, -0.2) is 9.59 Å². The molecule has 142 valence electrons. The minimum atomic E-state index is -1.15. The number of urea groups is 1. The van der Waals surface area contributed by atoms with E-state index in [2.05, 4.69) is 0 Å². The van der Waals surface area contributed by atoms with E-state index in [-0.39, 0.29) is 18.1 Å². The van der Waals surface area contributed by atoms with Crippen molar-refractivity contribution >= 4 is 17.9 Å². The average Bonchev–Trinajstić information content (AvgIpc) is 2.64. The number of carbonyl (C=O) groups is 3. The van der Waals surface area contributed by atoms with E-state index in [9.17, 15) is 14.4 Å². The first-order chi connectivity index (χ1) is 12.9. The van der Waals surface area contributed by atoms with Gasteiger partial charge in [0.25, 0.3) is 5.91 Å². The number of imide groups is 1. The van der Waals surface area contributed by atoms with Gasteiger partial charge < -0.3 is 15.2 Å². The molecule has 3 N–H and O–H groups in total. The first-order valence-corrected chi connectivity index (χ1v) is 8.45. The normalized spacial score (nSPS) is 11.5. The molecule has 2 aromatic carbocycles. The number of primary amides is 1. The maximum Gasteiger partial charge on any atom is 0.339 e. The number of nitrogens with one attached hydrogen (secondary N) is 1. The Morgan fingerprint density at radius 2 is 1.63 bits per heavy atom. The Bertz CT molecular complexity index is 805. The number of para-hydroxylation sites is 1. The number of nitrogens with two attached hydrogens (primary N) is 1. The van der Waals surface area contributed by atoms with Crippen LogP contribution in [-0.4, -0.2) is 24.0 Å². The van der Waals surface area contributed by atoms with Crippen molar-refractivity contribution in [3.8, 4) is 5.75 Å². The molecule has 27 heavy (non-hydrogen) atoms. The van der Waals surface area contributed by atoms with Crippen LogP contribution in [0.3, 0.4) is 0 Å². The fourth-order valence-electron chi connectivity index (χ4n) is 2.39. The molecule has 0 aromatic heterocycles. The van der Waals surface area contributed by atoms with E-state index in [0.717, 1.165) is 0 Å². The topological polar surface area (TPSA) is 108 Å². The molecule has 3 amide bonds. The van der Waals surface area contributed by atoms with Crippen LogP contribution >= 0.6 is 0 Å². The van der Waals surface area contributed by atoms with Crippen molar-refractivity contribution in [1.29, 1.82) is 0 Å². The van der Waals surface area contributed by atoms with E-state index in [1.54, 1.807) is 38.1 Å². The van der Waals surface area contributed by atoms with Gasteiger partial charge in [-0.05, 0) is 24.1 Å². The molecule has 0 spiro atoms. The zero-order valence-corrected chi connectivity index (χ0v) is 15.2. The van der Waals surface area contributed by atoms with Gasteiger partial charge in [-0.3, -0.25) is 10.1 Å². The third-order valence-electron chi connectivity index (χ3n) is 3.72. The van der Waals surface area contributed by atoms with Crippen molar-refractivity contribution in [3.05, 3.63) is 65.7 Å². The highest BCUT2D eigenvalue weighted by molar-refractivity contribution is 5.98. The zero-order valence-electron chi connectivity index (χ0n) is 15.2. The van der Waals surface area contributed by atoms with E-state index in [0.29, 0.717) is 11.3 Å². The predicted octanol–water partition coefficient (Wildman–Crippen LogP) is 2.64. The second-order valence-corrected chi connectivity index (χ2v) is 6.18. The van der Waals surface area contributed by atoms with E-state index in [1.807, 2.05) is 35.6 Å². The van der Waals surface area contributed by atoms with E-state index >= 15 is 0 Å². The Morgan fingerprint density at radius 3 is 2.26 bits per heavy atom. The molecule has 0 radical (unpaired) electrons. The maximum atomic E-state index is 12.6. The summed E-state index contributed by atoms with van der Waals surface area (Å²) in [5, 5.41) is 1.94. The lowest BCUT2D eigenvalue weighted by Gasteiger charge is -2.20. The third kappa shape index (κ3) is 5.85. The van der Waals surface area contributed by atoms with Crippen molar-refractivity contribution in [1.82, 2.24) is 5.32 Å². The maximum absolute atomic E-state index is 12.6. The molecule has 0 fully saturated rings. The molecule has 0 saturated heterocycles. The second kappa shape index (κ2) is 9.38. The number of rotatable bonds is 7. The number of ether oxygens (including phenoxy) is 2. The summed E-state index contributed by atoms with van der Waals surface area (Å²) in [4.78, 5) is 35.6. The molecule has 0 aliphatic heterocycles. The smallest absolute Gasteiger partial charge is 0.339 e. The number of hydrogen-bond acceptors (Lipinski definition) is 5. The molecule has 0 aliphatic carbocycles. The Morgan fingerprint density at radius 1 is 1.00 bits per heavy atom. The number of amides is 3. The summed E-state index contributed by atoms with van der Waals surface area (Å²) < 4.78 is 11.0. The van der Waals surface area contributed by atoms with Gasteiger partial charge in [0.2, 0.25) is 0 Å². The highest BCUT2D eigenvalue weighted by atomic mass is 16.5. The van der Waals surface area contributed by atoms with Gasteiger partial charge in [0, 0.05) is 5.56 Å². The molecule has 0 bridgehead atoms. The summed E-state index contributed by atoms with van der Waals surface area (Å²) in [6.07, 6.45) is -1.15. The largest absolute Gasteiger partial charge is 0.489 e. The Balaban J connectivity index is 2.13. The van der Waals surface area contributed by atoms with Crippen molar-refractivity contribution in [2.45, 2.75) is 26.6 Å². The number of carbonyl (C=O) groups excluding carboxylic acids is 3. The average molecular weight is 370 g/mol. The van der Waals surface area contributed by atoms with Crippen molar-refractivity contribution in [2.24, 2.45) is 11.7 Å². The molecule has 2 rings (SSSR count). The number of hydrogen-bond donors (Lipinski definition) is 2. The first kappa shape index (κ1) is 20.0. The molecule has 0 aliphatic rings. The van der Waals surface area contributed by atoms with Crippen LogP contribution in [0.15, 0.2) is 54.6 Å². The lowest BCUT2D eigenvalue weighted by molar-refractivity contribution is -0.130. The number of benzene rings is 2. The quantitative estimate of drug-likeness (QED) is 0.729. The van der Waals surface area contributed by atoms with Gasteiger partial charge in [-0.1, -0.05) is 50.2 Å². The molecular weight excluding hydrogens is 348 g/mol. The fourth-order valence-corrected chi connectivity index (χ4v) is 2.39. The molecule has 7 nitrogen and oxygen atoms in total. The van der Waals surface area contributed by atoms with Crippen LogP contribution in [0.1, 0.15) is 29.8 Å². The molecule has 2 aromatic rings. The molecule has 0 unspecified atom stereocenters. The molecule has 0 heterocycles. The van der Waals surface area contributed by atoms with Gasteiger partial charge in [0.05, 0.1) is 5.56 Å². The molecular formula is C20H22N2O5. The van der Waals surface area contributed by atoms with Crippen LogP contribution in [0.2, 0.25) is 0 Å². The summed E-state index contributed by atoms with van der Waals surface area (Å²) in [5.41, 5.74) is 5.86. The summed E-state index contributed by atoms with van der Waals surface area (Å²) in [6, 6.07) is 15.0. The zero-order chi connectivity index (χ0) is 19.8. The van der Waals surface area contributed by atoms with Crippen LogP contribution < -0.4 is 15.8 Å². The van der Waals surface area contributed by atoms with Gasteiger partial charge in [-0.15, -0.1) is 0 Å². The minimum Gasteiger partial charge on any atom is -0.489 e. The monoisotopic (exact) mass is 370 g/mol. The van der Waals surface area contributed by atoms with E-state index in [4.69, 9.17) is 15.2 Å². The Kier molecular flexibility index (Phi) is 6.93. The summed E-state index contributed by atoms with van der Waals surface area (Å²) in [6.45, 7) is 3.56. The molecule has 1 atom stereocenters. The van der Waals surface area contributed by atoms with Crippen molar-refractivity contribution in [3.63, 3.8) is 0 Å². The second-order valence-electron chi connectivity index (χ2n) is 6.18. The fraction of sp³-hybridized carbons (Fsp3) is 0.250. The van der Waals surface area contributed by atoms with Crippen LogP contribution in [0.4, 0.5) is 4.79 Å². The standard InChI is InChI=1S/C20H22N2O5/c1-13(2)17(18(23)22-20(21)25)27-19(24)16-11-7-6-8-14(16)12-26-15-9-4-3-5-10-15/h3-11,13,17H,12H2,1-2H3,(H3,21,22,23,25)/t17-/m0/s1. The summed E-state index contributed by atoms with van der Waals surface area (Å²) >= 11 is 0. The summed E-state index contributed by atoms with van der Waals surface area (Å²) in [5.74, 6) is -1.12. The van der Waals surface area contributed by atoms with E-state index in [1.165, 1.54) is 0 Å². The highest BCUT2D eigenvalue weighted by Gasteiger charge is 2.28. The van der Waals surface area contributed by atoms with E-state index < -0.39 is 24.0 Å². The number of esters is 1. The van der Waals surface area contributed by atoms with Crippen LogP contribution in [-0.2, 0) is 16.1 Å². The highest BCUT2D eigenvalue weighted by Crippen LogP contribution is 2.17. The minimum absolute atomic E-state index is 0.162. The lowest BCUT2D eigenvalue weighted by Crippen LogP contribution is -2.45. The van der Waals surface area contributed by atoms with Crippen molar-refractivity contribution < 1.29 is 23.9 Å². The Labute approximate surface area is 157 Å². The predicted molar refractivity (Wildman–Crippen MR) is 99.0 cm³/mol. The van der Waals surface area contributed by atoms with Gasteiger partial charge in [0.15, 0.2) is 6.10 Å². The SMILES string of the molecule is CC(C)[C@H](OC(=O)c1ccccc1COc1ccccc1)C(=O)NC(N)=O. The van der Waals surface area contributed by atoms with Crippen LogP contribution in [0.25, 0.3) is 0 Å². The van der Waals surface area contributed by atoms with Crippen LogP contribution in [0, 0.1) is 5.92 Å². The first-order valence-electron chi connectivity index (χ1n) is 8.45. The van der Waals surface area contributed by atoms with Gasteiger partial charge in [0.1, 0.15) is 12.4 Å². The third-order valence-corrected chi connectivity index (χ3v) is 3.72.